The van der Waals surface area contributed by atoms with Gasteiger partial charge >= 0.3 is 0 Å². The van der Waals surface area contributed by atoms with E-state index in [0.29, 0.717) is 18.2 Å². The summed E-state index contributed by atoms with van der Waals surface area (Å²) in [7, 11) is 0. The van der Waals surface area contributed by atoms with E-state index < -0.39 is 0 Å². The van der Waals surface area contributed by atoms with Gasteiger partial charge in [0.25, 0.3) is 0 Å². The lowest BCUT2D eigenvalue weighted by molar-refractivity contribution is 0.143. The Bertz CT molecular complexity index is 712. The molecule has 0 saturated heterocycles. The SMILES string of the molecule is CCNC(=NCc1ccc(Oc2ccc(F)cc2)nc1)NCCCCOCC.I. The third-order valence-corrected chi connectivity index (χ3v) is 3.81. The van der Waals surface area contributed by atoms with Gasteiger partial charge in [0.05, 0.1) is 6.54 Å². The molecule has 2 N–H and O–H groups in total. The summed E-state index contributed by atoms with van der Waals surface area (Å²) in [5.41, 5.74) is 0.972. The summed E-state index contributed by atoms with van der Waals surface area (Å²) in [6.45, 7) is 7.76. The molecule has 0 amide bonds. The van der Waals surface area contributed by atoms with Crippen LogP contribution in [0.2, 0.25) is 0 Å². The van der Waals surface area contributed by atoms with Gasteiger partial charge in [-0.2, -0.15) is 0 Å². The van der Waals surface area contributed by atoms with E-state index in [0.717, 1.165) is 50.7 Å². The van der Waals surface area contributed by atoms with E-state index in [1.165, 1.54) is 12.1 Å². The molecule has 2 rings (SSSR count). The second-order valence-corrected chi connectivity index (χ2v) is 6.09. The molecule has 0 aliphatic heterocycles. The highest BCUT2D eigenvalue weighted by atomic mass is 127. The molecule has 1 aromatic carbocycles. The number of guanidine groups is 1. The van der Waals surface area contributed by atoms with Crippen molar-refractivity contribution in [3.05, 3.63) is 54.0 Å². The van der Waals surface area contributed by atoms with Crippen molar-refractivity contribution in [3.8, 4) is 11.6 Å². The minimum atomic E-state index is -0.298. The molecule has 0 spiro atoms. The van der Waals surface area contributed by atoms with Crippen LogP contribution in [-0.2, 0) is 11.3 Å². The third kappa shape index (κ3) is 10.4. The quantitative estimate of drug-likeness (QED) is 0.199. The number of pyridine rings is 1. The first kappa shape index (κ1) is 25.1. The van der Waals surface area contributed by atoms with Crippen LogP contribution < -0.4 is 15.4 Å². The van der Waals surface area contributed by atoms with E-state index in [1.807, 2.05) is 19.9 Å². The van der Waals surface area contributed by atoms with Gasteiger partial charge in [-0.15, -0.1) is 24.0 Å². The van der Waals surface area contributed by atoms with Crippen molar-refractivity contribution in [2.24, 2.45) is 4.99 Å². The molecule has 0 aliphatic rings. The number of rotatable bonds is 11. The fourth-order valence-electron chi connectivity index (χ4n) is 2.38. The van der Waals surface area contributed by atoms with Crippen LogP contribution in [0.5, 0.6) is 11.6 Å². The zero-order valence-electron chi connectivity index (χ0n) is 17.0. The predicted octanol–water partition coefficient (Wildman–Crippen LogP) is 4.50. The van der Waals surface area contributed by atoms with Crippen LogP contribution in [0, 0.1) is 5.82 Å². The van der Waals surface area contributed by atoms with Crippen LogP contribution in [0.3, 0.4) is 0 Å². The molecule has 2 aromatic rings. The fraction of sp³-hybridized carbons (Fsp3) is 0.429. The van der Waals surface area contributed by atoms with Crippen LogP contribution in [0.1, 0.15) is 32.3 Å². The summed E-state index contributed by atoms with van der Waals surface area (Å²) < 4.78 is 23.9. The molecule has 0 fully saturated rings. The van der Waals surface area contributed by atoms with E-state index in [2.05, 4.69) is 20.6 Å². The molecule has 0 aliphatic carbocycles. The second-order valence-electron chi connectivity index (χ2n) is 6.09. The van der Waals surface area contributed by atoms with Crippen molar-refractivity contribution < 1.29 is 13.9 Å². The highest BCUT2D eigenvalue weighted by molar-refractivity contribution is 14.0. The first-order valence-electron chi connectivity index (χ1n) is 9.69. The van der Waals surface area contributed by atoms with Crippen LogP contribution in [0.25, 0.3) is 0 Å². The van der Waals surface area contributed by atoms with Gasteiger partial charge in [0, 0.05) is 38.6 Å². The molecule has 1 heterocycles. The summed E-state index contributed by atoms with van der Waals surface area (Å²) in [5.74, 6) is 1.49. The van der Waals surface area contributed by atoms with Crippen LogP contribution in [0.4, 0.5) is 4.39 Å². The summed E-state index contributed by atoms with van der Waals surface area (Å²) in [6, 6.07) is 9.54. The molecule has 0 unspecified atom stereocenters. The maximum Gasteiger partial charge on any atom is 0.219 e. The molecule has 8 heteroatoms. The molecule has 1 aromatic heterocycles. The molecule has 29 heavy (non-hydrogen) atoms. The number of aromatic nitrogens is 1. The second kappa shape index (κ2) is 15.0. The van der Waals surface area contributed by atoms with Crippen LogP contribution in [-0.4, -0.2) is 37.2 Å². The third-order valence-electron chi connectivity index (χ3n) is 3.81. The lowest BCUT2D eigenvalue weighted by Crippen LogP contribution is -2.37. The Labute approximate surface area is 189 Å². The summed E-state index contributed by atoms with van der Waals surface area (Å²) >= 11 is 0. The maximum atomic E-state index is 12.9. The normalized spacial score (nSPS) is 10.9. The van der Waals surface area contributed by atoms with Gasteiger partial charge in [-0.1, -0.05) is 6.07 Å². The van der Waals surface area contributed by atoms with Crippen molar-refractivity contribution in [2.45, 2.75) is 33.2 Å². The van der Waals surface area contributed by atoms with E-state index in [1.54, 1.807) is 24.4 Å². The average molecular weight is 516 g/mol. The zero-order chi connectivity index (χ0) is 20.0. The Morgan fingerprint density at radius 1 is 1.07 bits per heavy atom. The largest absolute Gasteiger partial charge is 0.439 e. The van der Waals surface area contributed by atoms with Crippen LogP contribution >= 0.6 is 24.0 Å². The molecule has 160 valence electrons. The zero-order valence-corrected chi connectivity index (χ0v) is 19.3. The van der Waals surface area contributed by atoms with Gasteiger partial charge in [0.2, 0.25) is 5.88 Å². The van der Waals surface area contributed by atoms with Gasteiger partial charge in [-0.3, -0.25) is 0 Å². The first-order chi connectivity index (χ1) is 13.7. The highest BCUT2D eigenvalue weighted by Gasteiger charge is 2.01. The van der Waals surface area contributed by atoms with Gasteiger partial charge in [-0.25, -0.2) is 14.4 Å². The van der Waals surface area contributed by atoms with Gasteiger partial charge in [-0.05, 0) is 56.5 Å². The number of halogens is 2. The highest BCUT2D eigenvalue weighted by Crippen LogP contribution is 2.19. The minimum absolute atomic E-state index is 0. The first-order valence-corrected chi connectivity index (χ1v) is 9.69. The summed E-state index contributed by atoms with van der Waals surface area (Å²) in [5, 5.41) is 6.56. The standard InChI is InChI=1S/C21H29FN4O2.HI/c1-3-23-21(24-13-5-6-14-27-4-2)26-16-17-7-12-20(25-15-17)28-19-10-8-18(22)9-11-19;/h7-12,15H,3-6,13-14,16H2,1-2H3,(H2,23,24,26);1H. The Hall–Kier alpha value is -1.94. The van der Waals surface area contributed by atoms with Crippen LogP contribution in [0.15, 0.2) is 47.6 Å². The van der Waals surface area contributed by atoms with E-state index in [4.69, 9.17) is 9.47 Å². The van der Waals surface area contributed by atoms with Crippen molar-refractivity contribution in [3.63, 3.8) is 0 Å². The molecule has 0 bridgehead atoms. The van der Waals surface area contributed by atoms with Gasteiger partial charge < -0.3 is 20.1 Å². The van der Waals surface area contributed by atoms with E-state index in [-0.39, 0.29) is 29.8 Å². The topological polar surface area (TPSA) is 67.8 Å². The number of nitrogens with zero attached hydrogens (tertiary/aromatic N) is 2. The number of nitrogens with one attached hydrogen (secondary N) is 2. The van der Waals surface area contributed by atoms with E-state index in [9.17, 15) is 4.39 Å². The number of benzene rings is 1. The van der Waals surface area contributed by atoms with Crippen molar-refractivity contribution in [2.75, 3.05) is 26.3 Å². The fourth-order valence-corrected chi connectivity index (χ4v) is 2.38. The van der Waals surface area contributed by atoms with Crippen molar-refractivity contribution in [1.29, 1.82) is 0 Å². The number of hydrogen-bond acceptors (Lipinski definition) is 4. The Morgan fingerprint density at radius 2 is 1.86 bits per heavy atom. The monoisotopic (exact) mass is 516 g/mol. The lowest BCUT2D eigenvalue weighted by Gasteiger charge is -2.11. The molecular weight excluding hydrogens is 486 g/mol. The van der Waals surface area contributed by atoms with Gasteiger partial charge in [0.1, 0.15) is 11.6 Å². The minimum Gasteiger partial charge on any atom is -0.439 e. The molecule has 0 radical (unpaired) electrons. The Balaban J connectivity index is 0.00000420. The number of aliphatic imine (C=N–C) groups is 1. The van der Waals surface area contributed by atoms with Gasteiger partial charge in [0.15, 0.2) is 5.96 Å². The number of ether oxygens (including phenoxy) is 2. The number of hydrogen-bond donors (Lipinski definition) is 2. The summed E-state index contributed by atoms with van der Waals surface area (Å²) in [6.07, 6.45) is 3.79. The maximum absolute atomic E-state index is 12.9. The molecule has 0 saturated carbocycles. The van der Waals surface area contributed by atoms with Crippen molar-refractivity contribution >= 4 is 29.9 Å². The Morgan fingerprint density at radius 3 is 2.52 bits per heavy atom. The Kier molecular flexibility index (Phi) is 13.0. The molecule has 0 atom stereocenters. The average Bonchev–Trinajstić information content (AvgIpc) is 2.71. The molecular formula is C21H30FIN4O2. The molecule has 6 nitrogen and oxygen atoms in total. The number of unbranched alkanes of at least 4 members (excludes halogenated alkanes) is 1. The summed E-state index contributed by atoms with van der Waals surface area (Å²) in [4.78, 5) is 8.87. The van der Waals surface area contributed by atoms with Crippen molar-refractivity contribution in [1.82, 2.24) is 15.6 Å². The predicted molar refractivity (Wildman–Crippen MR) is 125 cm³/mol. The smallest absolute Gasteiger partial charge is 0.219 e. The lowest BCUT2D eigenvalue weighted by atomic mass is 10.3. The van der Waals surface area contributed by atoms with E-state index >= 15 is 0 Å².